The molecule has 0 fully saturated rings. The normalized spacial score (nSPS) is 10.9. The number of nitro groups is 1. The molecule has 0 aliphatic heterocycles. The first kappa shape index (κ1) is 26.7. The van der Waals surface area contributed by atoms with Gasteiger partial charge >= 0.3 is 0 Å². The molecule has 8 nitrogen and oxygen atoms in total. The van der Waals surface area contributed by atoms with Gasteiger partial charge in [-0.25, -0.2) is 0 Å². The molecule has 0 atom stereocenters. The van der Waals surface area contributed by atoms with Gasteiger partial charge in [0.1, 0.15) is 18.2 Å². The fraction of sp³-hybridized carbons (Fsp3) is 0.185. The van der Waals surface area contributed by atoms with Crippen molar-refractivity contribution < 1.29 is 19.2 Å². The molecule has 36 heavy (non-hydrogen) atoms. The molecule has 0 aliphatic rings. The Morgan fingerprint density at radius 3 is 2.53 bits per heavy atom. The second-order valence-corrected chi connectivity index (χ2v) is 9.02. The van der Waals surface area contributed by atoms with Crippen LogP contribution in [0, 0.1) is 38.9 Å². The molecule has 0 saturated carbocycles. The number of anilines is 1. The summed E-state index contributed by atoms with van der Waals surface area (Å²) in [4.78, 5) is 23.2. The summed E-state index contributed by atoms with van der Waals surface area (Å²) in [6.07, 6.45) is 1.46. The Kier molecular flexibility index (Phi) is 9.02. The number of carbonyl (C=O) groups excluding carboxylic acids is 1. The fourth-order valence-corrected chi connectivity index (χ4v) is 4.18. The van der Waals surface area contributed by atoms with Gasteiger partial charge in [0.15, 0.2) is 11.5 Å². The summed E-state index contributed by atoms with van der Waals surface area (Å²) in [5.74, 6) is 0.470. The lowest BCUT2D eigenvalue weighted by Crippen LogP contribution is -2.14. The van der Waals surface area contributed by atoms with E-state index >= 15 is 0 Å². The van der Waals surface area contributed by atoms with Gasteiger partial charge in [0.05, 0.1) is 15.1 Å². The number of nitrogens with zero attached hydrogens (tertiary/aromatic N) is 2. The van der Waals surface area contributed by atoms with Crippen LogP contribution in [0.4, 0.5) is 11.4 Å². The van der Waals surface area contributed by atoms with Gasteiger partial charge in [0, 0.05) is 17.8 Å². The molecule has 9 heteroatoms. The van der Waals surface area contributed by atoms with E-state index < -0.39 is 10.8 Å². The van der Waals surface area contributed by atoms with E-state index in [1.165, 1.54) is 24.3 Å². The van der Waals surface area contributed by atoms with Gasteiger partial charge in [-0.15, -0.1) is 0 Å². The van der Waals surface area contributed by atoms with Crippen LogP contribution in [0.15, 0.2) is 60.2 Å². The number of nitro benzene ring substituents is 1. The Labute approximate surface area is 222 Å². The zero-order valence-corrected chi connectivity index (χ0v) is 22.2. The Morgan fingerprint density at radius 2 is 1.89 bits per heavy atom. The number of rotatable bonds is 9. The van der Waals surface area contributed by atoms with E-state index in [4.69, 9.17) is 9.47 Å². The van der Waals surface area contributed by atoms with E-state index in [9.17, 15) is 20.2 Å². The van der Waals surface area contributed by atoms with Gasteiger partial charge in [0.25, 0.3) is 11.6 Å². The summed E-state index contributed by atoms with van der Waals surface area (Å²) in [7, 11) is 0. The van der Waals surface area contributed by atoms with Crippen LogP contribution in [0.25, 0.3) is 6.08 Å². The quantitative estimate of drug-likeness (QED) is 0.101. The standard InChI is InChI=1S/C27H24IN3O5/c1-4-35-25-14-19(13-23(28)26(25)36-16-20-8-6-5-7-17(20)2)12-21(15-29)27(32)30-24-10-9-22(31(33)34)11-18(24)3/h5-14H,4,16H2,1-3H3,(H,30,32)/b21-12-. The third kappa shape index (κ3) is 6.60. The lowest BCUT2D eigenvalue weighted by atomic mass is 10.1. The van der Waals surface area contributed by atoms with Gasteiger partial charge in [-0.3, -0.25) is 14.9 Å². The molecule has 0 bridgehead atoms. The summed E-state index contributed by atoms with van der Waals surface area (Å²) in [5, 5.41) is 23.2. The molecule has 0 aromatic heterocycles. The maximum Gasteiger partial charge on any atom is 0.269 e. The molecule has 1 N–H and O–H groups in total. The van der Waals surface area contributed by atoms with Crippen LogP contribution in [0.3, 0.4) is 0 Å². The van der Waals surface area contributed by atoms with Crippen LogP contribution < -0.4 is 14.8 Å². The number of hydrogen-bond donors (Lipinski definition) is 1. The van der Waals surface area contributed by atoms with E-state index in [1.807, 2.05) is 44.2 Å². The van der Waals surface area contributed by atoms with Crippen molar-refractivity contribution in [2.24, 2.45) is 0 Å². The molecule has 0 radical (unpaired) electrons. The van der Waals surface area contributed by atoms with Crippen molar-refractivity contribution in [1.82, 2.24) is 0 Å². The van der Waals surface area contributed by atoms with Crippen molar-refractivity contribution in [3.05, 3.63) is 96.1 Å². The summed E-state index contributed by atoms with van der Waals surface area (Å²) >= 11 is 2.14. The van der Waals surface area contributed by atoms with Crippen molar-refractivity contribution in [1.29, 1.82) is 5.26 Å². The van der Waals surface area contributed by atoms with E-state index in [0.717, 1.165) is 14.7 Å². The van der Waals surface area contributed by atoms with Gasteiger partial charge in [0.2, 0.25) is 0 Å². The molecule has 3 aromatic carbocycles. The maximum atomic E-state index is 12.8. The Balaban J connectivity index is 1.86. The lowest BCUT2D eigenvalue weighted by molar-refractivity contribution is -0.384. The molecule has 3 aromatic rings. The molecule has 0 spiro atoms. The lowest BCUT2D eigenvalue weighted by Gasteiger charge is -2.16. The zero-order valence-electron chi connectivity index (χ0n) is 20.0. The van der Waals surface area contributed by atoms with Crippen molar-refractivity contribution >= 4 is 45.9 Å². The molecule has 0 unspecified atom stereocenters. The number of non-ortho nitro benzene ring substituents is 1. The molecule has 0 heterocycles. The third-order valence-electron chi connectivity index (χ3n) is 5.31. The Morgan fingerprint density at radius 1 is 1.14 bits per heavy atom. The van der Waals surface area contributed by atoms with Crippen LogP contribution >= 0.6 is 22.6 Å². The van der Waals surface area contributed by atoms with Crippen molar-refractivity contribution in [2.75, 3.05) is 11.9 Å². The molecular weight excluding hydrogens is 573 g/mol. The highest BCUT2D eigenvalue weighted by Crippen LogP contribution is 2.36. The van der Waals surface area contributed by atoms with E-state index in [1.54, 1.807) is 19.1 Å². The summed E-state index contributed by atoms with van der Waals surface area (Å²) < 4.78 is 12.7. The second kappa shape index (κ2) is 12.2. The van der Waals surface area contributed by atoms with Crippen molar-refractivity contribution in [3.8, 4) is 17.6 Å². The number of nitrogens with one attached hydrogen (secondary N) is 1. The van der Waals surface area contributed by atoms with Gasteiger partial charge in [-0.2, -0.15) is 5.26 Å². The maximum absolute atomic E-state index is 12.8. The molecule has 3 rings (SSSR count). The first-order chi connectivity index (χ1) is 17.2. The highest BCUT2D eigenvalue weighted by Gasteiger charge is 2.16. The van der Waals surface area contributed by atoms with Gasteiger partial charge in [-0.1, -0.05) is 24.3 Å². The smallest absolute Gasteiger partial charge is 0.269 e. The number of benzene rings is 3. The minimum Gasteiger partial charge on any atom is -0.490 e. The van der Waals surface area contributed by atoms with E-state index in [0.29, 0.717) is 41.5 Å². The van der Waals surface area contributed by atoms with Crippen LogP contribution in [0.5, 0.6) is 11.5 Å². The number of amides is 1. The predicted molar refractivity (Wildman–Crippen MR) is 146 cm³/mol. The average molecular weight is 597 g/mol. The first-order valence-corrected chi connectivity index (χ1v) is 12.1. The van der Waals surface area contributed by atoms with Crippen LogP contribution in [0.1, 0.15) is 29.2 Å². The van der Waals surface area contributed by atoms with Gasteiger partial charge in [-0.05, 0) is 89.9 Å². The molecule has 184 valence electrons. The zero-order chi connectivity index (χ0) is 26.2. The minimum atomic E-state index is -0.623. The fourth-order valence-electron chi connectivity index (χ4n) is 3.40. The highest BCUT2D eigenvalue weighted by molar-refractivity contribution is 14.1. The number of carbonyl (C=O) groups is 1. The van der Waals surface area contributed by atoms with Crippen LogP contribution in [-0.4, -0.2) is 17.4 Å². The predicted octanol–water partition coefficient (Wildman–Crippen LogP) is 6.34. The summed E-state index contributed by atoms with van der Waals surface area (Å²) in [6, 6.07) is 17.5. The van der Waals surface area contributed by atoms with Crippen molar-refractivity contribution in [3.63, 3.8) is 0 Å². The number of aryl methyl sites for hydroxylation is 2. The van der Waals surface area contributed by atoms with Crippen LogP contribution in [-0.2, 0) is 11.4 Å². The molecular formula is C27H24IN3O5. The minimum absolute atomic E-state index is 0.0793. The van der Waals surface area contributed by atoms with Crippen molar-refractivity contribution in [2.45, 2.75) is 27.4 Å². The largest absolute Gasteiger partial charge is 0.490 e. The van der Waals surface area contributed by atoms with E-state index in [2.05, 4.69) is 27.9 Å². The SMILES string of the molecule is CCOc1cc(/C=C(/C#N)C(=O)Nc2ccc([N+](=O)[O-])cc2C)cc(I)c1OCc1ccccc1C. The van der Waals surface area contributed by atoms with E-state index in [-0.39, 0.29) is 11.3 Å². The van der Waals surface area contributed by atoms with Crippen LogP contribution in [0.2, 0.25) is 0 Å². The monoisotopic (exact) mass is 597 g/mol. The second-order valence-electron chi connectivity index (χ2n) is 7.86. The Hall–Kier alpha value is -3.91. The number of nitriles is 1. The number of ether oxygens (including phenoxy) is 2. The molecule has 1 amide bonds. The molecule has 0 saturated heterocycles. The molecule has 0 aliphatic carbocycles. The van der Waals surface area contributed by atoms with Gasteiger partial charge < -0.3 is 14.8 Å². The summed E-state index contributed by atoms with van der Waals surface area (Å²) in [6.45, 7) is 6.31. The average Bonchev–Trinajstić information content (AvgIpc) is 2.84. The first-order valence-electron chi connectivity index (χ1n) is 11.0. The number of hydrogen-bond acceptors (Lipinski definition) is 6. The third-order valence-corrected chi connectivity index (χ3v) is 6.11. The number of halogens is 1. The topological polar surface area (TPSA) is 114 Å². The Bertz CT molecular complexity index is 1380. The highest BCUT2D eigenvalue weighted by atomic mass is 127. The summed E-state index contributed by atoms with van der Waals surface area (Å²) in [5.41, 5.74) is 3.47.